The summed E-state index contributed by atoms with van der Waals surface area (Å²) in [5.41, 5.74) is 4.97. The molecule has 1 heterocycles. The lowest BCUT2D eigenvalue weighted by molar-refractivity contribution is -0.124. The van der Waals surface area contributed by atoms with Crippen molar-refractivity contribution in [1.82, 2.24) is 10.2 Å². The van der Waals surface area contributed by atoms with E-state index >= 15 is 0 Å². The number of likely N-dealkylation sites (N-methyl/N-ethyl adjacent to an activating group) is 1. The Balaban J connectivity index is 2.00. The van der Waals surface area contributed by atoms with Crippen molar-refractivity contribution in [1.29, 1.82) is 0 Å². The van der Waals surface area contributed by atoms with Gasteiger partial charge >= 0.3 is 0 Å². The first-order chi connectivity index (χ1) is 9.48. The van der Waals surface area contributed by atoms with Gasteiger partial charge in [0.05, 0.1) is 5.54 Å². The van der Waals surface area contributed by atoms with Gasteiger partial charge in [-0.05, 0) is 65.5 Å². The summed E-state index contributed by atoms with van der Waals surface area (Å²) in [4.78, 5) is 14.3. The number of hydrogen-bond donors (Lipinski definition) is 2. The number of primary amides is 1. The molecular weight excluding hydrogens is 250 g/mol. The first-order valence-electron chi connectivity index (χ1n) is 8.22. The van der Waals surface area contributed by atoms with Crippen LogP contribution in [0, 0.1) is 5.92 Å². The molecule has 0 spiro atoms. The lowest BCUT2D eigenvalue weighted by Crippen LogP contribution is -2.55. The fourth-order valence-corrected chi connectivity index (χ4v) is 4.24. The van der Waals surface area contributed by atoms with E-state index in [0.717, 1.165) is 18.4 Å². The van der Waals surface area contributed by atoms with Crippen molar-refractivity contribution >= 4 is 5.91 Å². The third kappa shape index (κ3) is 3.17. The van der Waals surface area contributed by atoms with Crippen molar-refractivity contribution < 1.29 is 4.79 Å². The fourth-order valence-electron chi connectivity index (χ4n) is 4.24. The summed E-state index contributed by atoms with van der Waals surface area (Å²) in [7, 11) is 1.83. The summed E-state index contributed by atoms with van der Waals surface area (Å²) in [5.74, 6) is 0.637. The van der Waals surface area contributed by atoms with Gasteiger partial charge in [-0.25, -0.2) is 0 Å². The topological polar surface area (TPSA) is 58.4 Å². The van der Waals surface area contributed by atoms with Crippen molar-refractivity contribution in [3.63, 3.8) is 0 Å². The number of rotatable bonds is 6. The smallest absolute Gasteiger partial charge is 0.237 e. The molecule has 2 rings (SSSR count). The van der Waals surface area contributed by atoms with Crippen LogP contribution < -0.4 is 11.1 Å². The van der Waals surface area contributed by atoms with Gasteiger partial charge in [-0.15, -0.1) is 0 Å². The molecule has 1 amide bonds. The zero-order chi connectivity index (χ0) is 14.8. The molecule has 0 aromatic heterocycles. The summed E-state index contributed by atoms with van der Waals surface area (Å²) in [6.07, 6.45) is 9.03. The lowest BCUT2D eigenvalue weighted by Gasteiger charge is -2.38. The average molecular weight is 281 g/mol. The average Bonchev–Trinajstić information content (AvgIpc) is 3.08. The molecule has 4 nitrogen and oxygen atoms in total. The van der Waals surface area contributed by atoms with E-state index in [1.165, 1.54) is 45.1 Å². The van der Waals surface area contributed by atoms with Crippen molar-refractivity contribution in [3.05, 3.63) is 0 Å². The van der Waals surface area contributed by atoms with E-state index < -0.39 is 5.54 Å². The van der Waals surface area contributed by atoms with Crippen molar-refractivity contribution in [2.45, 2.75) is 76.4 Å². The summed E-state index contributed by atoms with van der Waals surface area (Å²) < 4.78 is 0. The Kier molecular flexibility index (Phi) is 5.08. The number of amides is 1. The molecule has 4 heteroatoms. The van der Waals surface area contributed by atoms with Crippen LogP contribution >= 0.6 is 0 Å². The maximum atomic E-state index is 11.7. The van der Waals surface area contributed by atoms with Crippen molar-refractivity contribution in [2.24, 2.45) is 11.7 Å². The van der Waals surface area contributed by atoms with Crippen LogP contribution in [0.15, 0.2) is 0 Å². The quantitative estimate of drug-likeness (QED) is 0.781. The second-order valence-corrected chi connectivity index (χ2v) is 6.99. The molecule has 2 aliphatic rings. The number of likely N-dealkylation sites (tertiary alicyclic amines) is 1. The van der Waals surface area contributed by atoms with Gasteiger partial charge in [0.2, 0.25) is 5.91 Å². The van der Waals surface area contributed by atoms with Crippen LogP contribution in [0.4, 0.5) is 0 Å². The van der Waals surface area contributed by atoms with Crippen LogP contribution in [0.3, 0.4) is 0 Å². The van der Waals surface area contributed by atoms with E-state index in [1.807, 2.05) is 14.0 Å². The number of nitrogens with two attached hydrogens (primary N) is 1. The number of hydrogen-bond acceptors (Lipinski definition) is 3. The summed E-state index contributed by atoms with van der Waals surface area (Å²) in [5, 5.41) is 3.12. The zero-order valence-electron chi connectivity index (χ0n) is 13.3. The number of carbonyl (C=O) groups is 1. The van der Waals surface area contributed by atoms with Crippen LogP contribution in [-0.2, 0) is 4.79 Å². The van der Waals surface area contributed by atoms with Gasteiger partial charge in [-0.3, -0.25) is 9.69 Å². The van der Waals surface area contributed by atoms with Crippen LogP contribution in [0.25, 0.3) is 0 Å². The molecule has 1 saturated heterocycles. The molecule has 0 radical (unpaired) electrons. The van der Waals surface area contributed by atoms with Crippen LogP contribution in [0.2, 0.25) is 0 Å². The third-order valence-electron chi connectivity index (χ3n) is 5.65. The third-order valence-corrected chi connectivity index (χ3v) is 5.65. The molecule has 116 valence electrons. The van der Waals surface area contributed by atoms with E-state index in [0.29, 0.717) is 6.04 Å². The predicted octanol–water partition coefficient (Wildman–Crippen LogP) is 1.88. The highest BCUT2D eigenvalue weighted by atomic mass is 16.1. The second kappa shape index (κ2) is 6.44. The SMILES string of the molecule is CNC(C)(CC(C)N1CCCC1C1CCCC1)C(N)=O. The largest absolute Gasteiger partial charge is 0.368 e. The number of carbonyl (C=O) groups excluding carboxylic acids is 1. The van der Waals surface area contributed by atoms with Gasteiger partial charge in [-0.1, -0.05) is 12.8 Å². The maximum Gasteiger partial charge on any atom is 0.237 e. The van der Waals surface area contributed by atoms with Gasteiger partial charge in [-0.2, -0.15) is 0 Å². The molecule has 1 aliphatic heterocycles. The lowest BCUT2D eigenvalue weighted by atomic mass is 9.90. The van der Waals surface area contributed by atoms with Crippen LogP contribution in [0.1, 0.15) is 58.8 Å². The van der Waals surface area contributed by atoms with E-state index in [4.69, 9.17) is 5.73 Å². The van der Waals surface area contributed by atoms with E-state index in [1.54, 1.807) is 0 Å². The zero-order valence-corrected chi connectivity index (χ0v) is 13.3. The molecule has 0 bridgehead atoms. The Morgan fingerprint density at radius 1 is 1.35 bits per heavy atom. The van der Waals surface area contributed by atoms with Gasteiger partial charge in [0, 0.05) is 12.1 Å². The minimum absolute atomic E-state index is 0.247. The summed E-state index contributed by atoms with van der Waals surface area (Å²) in [6.45, 7) is 5.36. The highest BCUT2D eigenvalue weighted by molar-refractivity contribution is 5.84. The molecule has 2 fully saturated rings. The van der Waals surface area contributed by atoms with Crippen LogP contribution in [-0.4, -0.2) is 42.0 Å². The van der Waals surface area contributed by atoms with Gasteiger partial charge in [0.25, 0.3) is 0 Å². The van der Waals surface area contributed by atoms with E-state index in [-0.39, 0.29) is 5.91 Å². The molecule has 1 saturated carbocycles. The van der Waals surface area contributed by atoms with Crippen molar-refractivity contribution in [3.8, 4) is 0 Å². The minimum atomic E-state index is -0.595. The molecule has 3 unspecified atom stereocenters. The van der Waals surface area contributed by atoms with Gasteiger partial charge in [0.1, 0.15) is 0 Å². The summed E-state index contributed by atoms with van der Waals surface area (Å²) >= 11 is 0. The molecule has 20 heavy (non-hydrogen) atoms. The molecular formula is C16H31N3O. The Morgan fingerprint density at radius 2 is 2.00 bits per heavy atom. The van der Waals surface area contributed by atoms with E-state index in [9.17, 15) is 4.79 Å². The Bertz CT molecular complexity index is 341. The first kappa shape index (κ1) is 15.8. The normalized spacial score (nSPS) is 29.4. The monoisotopic (exact) mass is 281 g/mol. The number of nitrogens with one attached hydrogen (secondary N) is 1. The van der Waals surface area contributed by atoms with Crippen LogP contribution in [0.5, 0.6) is 0 Å². The highest BCUT2D eigenvalue weighted by Crippen LogP contribution is 2.37. The van der Waals surface area contributed by atoms with Gasteiger partial charge in [0.15, 0.2) is 0 Å². The Morgan fingerprint density at radius 3 is 2.55 bits per heavy atom. The molecule has 0 aromatic rings. The predicted molar refractivity (Wildman–Crippen MR) is 82.4 cm³/mol. The summed E-state index contributed by atoms with van der Waals surface area (Å²) in [6, 6.07) is 1.15. The molecule has 1 aliphatic carbocycles. The Hall–Kier alpha value is -0.610. The first-order valence-corrected chi connectivity index (χ1v) is 8.22. The van der Waals surface area contributed by atoms with Crippen molar-refractivity contribution in [2.75, 3.05) is 13.6 Å². The maximum absolute atomic E-state index is 11.7. The highest BCUT2D eigenvalue weighted by Gasteiger charge is 2.39. The second-order valence-electron chi connectivity index (χ2n) is 6.99. The molecule has 3 atom stereocenters. The minimum Gasteiger partial charge on any atom is -0.368 e. The van der Waals surface area contributed by atoms with E-state index in [2.05, 4.69) is 17.1 Å². The number of nitrogens with zero attached hydrogens (tertiary/aromatic N) is 1. The Labute approximate surface area is 123 Å². The molecule has 3 N–H and O–H groups in total. The molecule has 0 aromatic carbocycles. The van der Waals surface area contributed by atoms with Gasteiger partial charge < -0.3 is 11.1 Å². The standard InChI is InChI=1S/C16H31N3O/c1-12(11-16(2,18-3)15(17)20)19-10-6-9-14(19)13-7-4-5-8-13/h12-14,18H,4-11H2,1-3H3,(H2,17,20). The fraction of sp³-hybridized carbons (Fsp3) is 0.938.